The molecule has 0 saturated heterocycles. The summed E-state index contributed by atoms with van der Waals surface area (Å²) in [5.41, 5.74) is 3.27. The summed E-state index contributed by atoms with van der Waals surface area (Å²) in [6.45, 7) is 1.02. The molecule has 1 N–H and O–H groups in total. The van der Waals surface area contributed by atoms with Gasteiger partial charge in [-0.05, 0) is 42.5 Å². The molecule has 7 heteroatoms. The fourth-order valence-corrected chi connectivity index (χ4v) is 2.88. The van der Waals surface area contributed by atoms with E-state index in [0.717, 1.165) is 23.4 Å². The standard InChI is InChI=1S/C21H20ClN3O3/c22-18-6-3-14(4-7-18)9-19-17(13-28-25-19)12-27-20-8-5-16(11-23-20)21(26)24-10-15-1-2-15/h3-8,11,13,15H,1-2,9-10,12H2,(H,24,26). The lowest BCUT2D eigenvalue weighted by molar-refractivity contribution is 0.0951. The molecule has 0 unspecified atom stereocenters. The number of benzene rings is 1. The van der Waals surface area contributed by atoms with Crippen LogP contribution in [-0.2, 0) is 13.0 Å². The molecular weight excluding hydrogens is 378 g/mol. The molecule has 28 heavy (non-hydrogen) atoms. The maximum atomic E-state index is 12.1. The predicted octanol–water partition coefficient (Wildman–Crippen LogP) is 4.03. The van der Waals surface area contributed by atoms with Crippen LogP contribution in [0.5, 0.6) is 5.88 Å². The van der Waals surface area contributed by atoms with E-state index in [1.54, 1.807) is 18.4 Å². The van der Waals surface area contributed by atoms with Gasteiger partial charge >= 0.3 is 0 Å². The number of amides is 1. The largest absolute Gasteiger partial charge is 0.473 e. The van der Waals surface area contributed by atoms with E-state index in [2.05, 4.69) is 15.5 Å². The van der Waals surface area contributed by atoms with Crippen LogP contribution in [0.15, 0.2) is 53.4 Å². The van der Waals surface area contributed by atoms with Gasteiger partial charge in [-0.25, -0.2) is 4.98 Å². The van der Waals surface area contributed by atoms with Gasteiger partial charge in [0.1, 0.15) is 12.9 Å². The van der Waals surface area contributed by atoms with Crippen molar-refractivity contribution in [3.63, 3.8) is 0 Å². The molecule has 1 fully saturated rings. The lowest BCUT2D eigenvalue weighted by atomic mass is 10.1. The van der Waals surface area contributed by atoms with Gasteiger partial charge in [-0.3, -0.25) is 4.79 Å². The van der Waals surface area contributed by atoms with Gasteiger partial charge in [0.15, 0.2) is 0 Å². The molecule has 1 saturated carbocycles. The third-order valence-electron chi connectivity index (χ3n) is 4.64. The predicted molar refractivity (Wildman–Crippen MR) is 104 cm³/mol. The Morgan fingerprint density at radius 2 is 2.04 bits per heavy atom. The van der Waals surface area contributed by atoms with Gasteiger partial charge in [0.2, 0.25) is 5.88 Å². The van der Waals surface area contributed by atoms with Crippen molar-refractivity contribution in [3.8, 4) is 5.88 Å². The summed E-state index contributed by atoms with van der Waals surface area (Å²) in [6, 6.07) is 11.0. The van der Waals surface area contributed by atoms with Crippen molar-refractivity contribution in [3.05, 3.63) is 76.3 Å². The molecule has 6 nitrogen and oxygen atoms in total. The Hall–Kier alpha value is -2.86. The molecule has 0 radical (unpaired) electrons. The number of hydrogen-bond donors (Lipinski definition) is 1. The number of carbonyl (C=O) groups excluding carboxylic acids is 1. The monoisotopic (exact) mass is 397 g/mol. The summed E-state index contributed by atoms with van der Waals surface area (Å²) in [7, 11) is 0. The SMILES string of the molecule is O=C(NCC1CC1)c1ccc(OCc2conc2Cc2ccc(Cl)cc2)nc1. The van der Waals surface area contributed by atoms with E-state index in [-0.39, 0.29) is 12.5 Å². The highest BCUT2D eigenvalue weighted by molar-refractivity contribution is 6.30. The highest BCUT2D eigenvalue weighted by atomic mass is 35.5. The highest BCUT2D eigenvalue weighted by Gasteiger charge is 2.21. The van der Waals surface area contributed by atoms with Crippen molar-refractivity contribution in [1.82, 2.24) is 15.5 Å². The molecule has 1 aromatic carbocycles. The summed E-state index contributed by atoms with van der Waals surface area (Å²) in [5.74, 6) is 0.984. The van der Waals surface area contributed by atoms with Gasteiger partial charge in [-0.1, -0.05) is 28.9 Å². The molecule has 1 aliphatic carbocycles. The minimum Gasteiger partial charge on any atom is -0.473 e. The summed E-state index contributed by atoms with van der Waals surface area (Å²) in [4.78, 5) is 16.3. The van der Waals surface area contributed by atoms with E-state index in [9.17, 15) is 4.79 Å². The van der Waals surface area contributed by atoms with Gasteiger partial charge < -0.3 is 14.6 Å². The summed E-state index contributed by atoms with van der Waals surface area (Å²) < 4.78 is 10.8. The number of ether oxygens (including phenoxy) is 1. The normalized spacial score (nSPS) is 13.3. The Bertz CT molecular complexity index is 934. The van der Waals surface area contributed by atoms with Gasteiger partial charge in [0, 0.05) is 30.3 Å². The van der Waals surface area contributed by atoms with Crippen LogP contribution in [0.25, 0.3) is 0 Å². The molecule has 144 valence electrons. The molecule has 0 bridgehead atoms. The minimum atomic E-state index is -0.102. The molecular formula is C21H20ClN3O3. The van der Waals surface area contributed by atoms with Crippen LogP contribution in [0, 0.1) is 5.92 Å². The fraction of sp³-hybridized carbons (Fsp3) is 0.286. The first kappa shape index (κ1) is 18.5. The smallest absolute Gasteiger partial charge is 0.252 e. The fourth-order valence-electron chi connectivity index (χ4n) is 2.75. The van der Waals surface area contributed by atoms with Crippen molar-refractivity contribution in [2.75, 3.05) is 6.54 Å². The summed E-state index contributed by atoms with van der Waals surface area (Å²) in [6.07, 6.45) is 6.13. The van der Waals surface area contributed by atoms with Crippen molar-refractivity contribution in [2.45, 2.75) is 25.9 Å². The van der Waals surface area contributed by atoms with E-state index in [1.807, 2.05) is 24.3 Å². The third-order valence-corrected chi connectivity index (χ3v) is 4.89. The first-order valence-electron chi connectivity index (χ1n) is 9.21. The maximum Gasteiger partial charge on any atom is 0.252 e. The van der Waals surface area contributed by atoms with Gasteiger partial charge in [0.05, 0.1) is 16.8 Å². The molecule has 0 spiro atoms. The van der Waals surface area contributed by atoms with Crippen LogP contribution in [-0.4, -0.2) is 22.6 Å². The van der Waals surface area contributed by atoms with E-state index in [0.29, 0.717) is 28.8 Å². The van der Waals surface area contributed by atoms with Crippen LogP contribution in [0.4, 0.5) is 0 Å². The van der Waals surface area contributed by atoms with Crippen LogP contribution < -0.4 is 10.1 Å². The van der Waals surface area contributed by atoms with Crippen LogP contribution in [0.2, 0.25) is 5.02 Å². The average Bonchev–Trinajstić information content (AvgIpc) is 3.45. The van der Waals surface area contributed by atoms with E-state index >= 15 is 0 Å². The van der Waals surface area contributed by atoms with Crippen LogP contribution >= 0.6 is 11.6 Å². The summed E-state index contributed by atoms with van der Waals surface area (Å²) in [5, 5.41) is 7.68. The first-order valence-corrected chi connectivity index (χ1v) is 9.59. The Morgan fingerprint density at radius 3 is 2.75 bits per heavy atom. The van der Waals surface area contributed by atoms with Crippen molar-refractivity contribution in [2.24, 2.45) is 5.92 Å². The zero-order valence-electron chi connectivity index (χ0n) is 15.2. The lowest BCUT2D eigenvalue weighted by Crippen LogP contribution is -2.25. The molecule has 4 rings (SSSR count). The van der Waals surface area contributed by atoms with E-state index in [1.165, 1.54) is 19.0 Å². The number of pyridine rings is 1. The maximum absolute atomic E-state index is 12.1. The lowest BCUT2D eigenvalue weighted by Gasteiger charge is -2.07. The van der Waals surface area contributed by atoms with Gasteiger partial charge in [-0.2, -0.15) is 0 Å². The Kier molecular flexibility index (Phi) is 5.58. The topological polar surface area (TPSA) is 77.2 Å². The van der Waals surface area contributed by atoms with Gasteiger partial charge in [-0.15, -0.1) is 0 Å². The molecule has 2 heterocycles. The number of halogens is 1. The number of nitrogens with one attached hydrogen (secondary N) is 1. The average molecular weight is 398 g/mol. The van der Waals surface area contributed by atoms with E-state index < -0.39 is 0 Å². The number of carbonyl (C=O) groups is 1. The van der Waals surface area contributed by atoms with Crippen LogP contribution in [0.3, 0.4) is 0 Å². The summed E-state index contributed by atoms with van der Waals surface area (Å²) >= 11 is 5.92. The molecule has 3 aromatic rings. The highest BCUT2D eigenvalue weighted by Crippen LogP contribution is 2.27. The second kappa shape index (κ2) is 8.44. The number of hydrogen-bond acceptors (Lipinski definition) is 5. The first-order chi connectivity index (χ1) is 13.7. The number of aromatic nitrogens is 2. The number of nitrogens with zero attached hydrogens (tertiary/aromatic N) is 2. The van der Waals surface area contributed by atoms with E-state index in [4.69, 9.17) is 20.9 Å². The second-order valence-electron chi connectivity index (χ2n) is 6.92. The number of rotatable bonds is 8. The Labute approximate surface area is 167 Å². The second-order valence-corrected chi connectivity index (χ2v) is 7.35. The zero-order chi connectivity index (χ0) is 19.3. The Balaban J connectivity index is 1.32. The van der Waals surface area contributed by atoms with Crippen molar-refractivity contribution in [1.29, 1.82) is 0 Å². The van der Waals surface area contributed by atoms with Gasteiger partial charge in [0.25, 0.3) is 5.91 Å². The quantitative estimate of drug-likeness (QED) is 0.620. The third kappa shape index (κ3) is 4.89. The van der Waals surface area contributed by atoms with Crippen molar-refractivity contribution < 1.29 is 14.1 Å². The van der Waals surface area contributed by atoms with Crippen molar-refractivity contribution >= 4 is 17.5 Å². The molecule has 1 aliphatic rings. The minimum absolute atomic E-state index is 0.102. The molecule has 0 aliphatic heterocycles. The molecule has 2 aromatic heterocycles. The molecule has 0 atom stereocenters. The molecule has 1 amide bonds. The Morgan fingerprint density at radius 1 is 1.21 bits per heavy atom. The zero-order valence-corrected chi connectivity index (χ0v) is 16.0. The van der Waals surface area contributed by atoms with Crippen LogP contribution in [0.1, 0.15) is 40.0 Å².